The Labute approximate surface area is 203 Å². The van der Waals surface area contributed by atoms with Crippen molar-refractivity contribution in [2.45, 2.75) is 45.9 Å². The van der Waals surface area contributed by atoms with Gasteiger partial charge in [0, 0.05) is 32.7 Å². The van der Waals surface area contributed by atoms with Crippen molar-refractivity contribution in [3.8, 4) is 0 Å². The molecule has 31 heavy (non-hydrogen) atoms. The predicted octanol–water partition coefficient (Wildman–Crippen LogP) is 3.89. The van der Waals surface area contributed by atoms with E-state index in [1.54, 1.807) is 14.1 Å². The molecule has 6 nitrogen and oxygen atoms in total. The summed E-state index contributed by atoms with van der Waals surface area (Å²) in [4.78, 5) is 16.1. The van der Waals surface area contributed by atoms with E-state index in [1.165, 1.54) is 5.56 Å². The Balaban J connectivity index is 0.00000480. The van der Waals surface area contributed by atoms with Gasteiger partial charge in [-0.05, 0) is 56.0 Å². The number of hydrogen-bond donors (Lipinski definition) is 3. The van der Waals surface area contributed by atoms with Crippen molar-refractivity contribution in [3.63, 3.8) is 0 Å². The van der Waals surface area contributed by atoms with Crippen LogP contribution in [0, 0.1) is 0 Å². The van der Waals surface area contributed by atoms with Crippen molar-refractivity contribution in [3.05, 3.63) is 70.8 Å². The molecule has 170 valence electrons. The van der Waals surface area contributed by atoms with Crippen LogP contribution in [0.15, 0.2) is 53.5 Å². The van der Waals surface area contributed by atoms with Crippen LogP contribution in [0.5, 0.6) is 0 Å². The minimum atomic E-state index is -0.153. The fourth-order valence-corrected chi connectivity index (χ4v) is 2.87. The summed E-state index contributed by atoms with van der Waals surface area (Å²) in [6, 6.07) is 16.0. The number of carbonyl (C=O) groups is 1. The van der Waals surface area contributed by atoms with Gasteiger partial charge in [-0.3, -0.25) is 9.79 Å². The Kier molecular flexibility index (Phi) is 11.6. The van der Waals surface area contributed by atoms with Crippen molar-refractivity contribution in [2.75, 3.05) is 20.6 Å². The zero-order valence-electron chi connectivity index (χ0n) is 19.1. The zero-order chi connectivity index (χ0) is 22.0. The molecule has 0 aliphatic carbocycles. The average Bonchev–Trinajstić information content (AvgIpc) is 2.74. The first-order chi connectivity index (χ1) is 14.3. The van der Waals surface area contributed by atoms with Crippen molar-refractivity contribution < 1.29 is 9.53 Å². The zero-order valence-corrected chi connectivity index (χ0v) is 21.4. The van der Waals surface area contributed by atoms with Gasteiger partial charge in [0.1, 0.15) is 0 Å². The molecule has 0 aliphatic heterocycles. The van der Waals surface area contributed by atoms with Crippen molar-refractivity contribution in [1.29, 1.82) is 0 Å². The molecular formula is C24H35IN4O2. The Hall–Kier alpha value is -2.13. The molecule has 0 saturated carbocycles. The lowest BCUT2D eigenvalue weighted by atomic mass is 10.1. The molecule has 0 spiro atoms. The van der Waals surface area contributed by atoms with Crippen LogP contribution in [0.25, 0.3) is 0 Å². The quantitative estimate of drug-likeness (QED) is 0.271. The number of aliphatic imine (C=N–C) groups is 1. The normalized spacial score (nSPS) is 11.5. The van der Waals surface area contributed by atoms with Gasteiger partial charge in [0.15, 0.2) is 5.96 Å². The van der Waals surface area contributed by atoms with Gasteiger partial charge in [-0.1, -0.05) is 36.4 Å². The molecule has 2 rings (SSSR count). The third-order valence-electron chi connectivity index (χ3n) is 4.47. The fraction of sp³-hybridized carbons (Fsp3) is 0.417. The summed E-state index contributed by atoms with van der Waals surface area (Å²) in [7, 11) is 3.40. The monoisotopic (exact) mass is 538 g/mol. The lowest BCUT2D eigenvalue weighted by molar-refractivity contribution is -0.0149. The molecule has 0 saturated heterocycles. The Morgan fingerprint density at radius 3 is 2.35 bits per heavy atom. The van der Waals surface area contributed by atoms with E-state index in [4.69, 9.17) is 4.74 Å². The largest absolute Gasteiger partial charge is 0.371 e. The van der Waals surface area contributed by atoms with E-state index in [0.29, 0.717) is 18.7 Å². The van der Waals surface area contributed by atoms with Crippen LogP contribution >= 0.6 is 24.0 Å². The van der Waals surface area contributed by atoms with Crippen molar-refractivity contribution in [1.82, 2.24) is 16.0 Å². The minimum Gasteiger partial charge on any atom is -0.371 e. The predicted molar refractivity (Wildman–Crippen MR) is 138 cm³/mol. The van der Waals surface area contributed by atoms with Gasteiger partial charge in [-0.25, -0.2) is 0 Å². The minimum absolute atomic E-state index is 0. The lowest BCUT2D eigenvalue weighted by Gasteiger charge is -2.19. The number of hydrogen-bond acceptors (Lipinski definition) is 3. The van der Waals surface area contributed by atoms with Gasteiger partial charge in [0.25, 0.3) is 5.91 Å². The van der Waals surface area contributed by atoms with Gasteiger partial charge in [0.2, 0.25) is 0 Å². The summed E-state index contributed by atoms with van der Waals surface area (Å²) in [6.07, 6.45) is 0.797. The second-order valence-corrected chi connectivity index (χ2v) is 8.10. The molecular weight excluding hydrogens is 503 g/mol. The van der Waals surface area contributed by atoms with Crippen LogP contribution in [0.1, 0.15) is 47.8 Å². The van der Waals surface area contributed by atoms with E-state index in [1.807, 2.05) is 30.3 Å². The maximum Gasteiger partial charge on any atom is 0.251 e. The molecule has 0 bridgehead atoms. The Morgan fingerprint density at radius 2 is 1.68 bits per heavy atom. The number of amides is 1. The molecule has 0 fully saturated rings. The maximum absolute atomic E-state index is 11.8. The standard InChI is InChI=1S/C24H34N4O2.HI/c1-24(2,3)30-17-20-10-6-9-19(14-20)16-28-23(26-5)27-13-12-18-8-7-11-21(15-18)22(29)25-4;/h6-11,14-15H,12-13,16-17H2,1-5H3,(H,25,29)(H2,26,27,28);1H. The molecule has 0 heterocycles. The molecule has 0 unspecified atom stereocenters. The summed E-state index contributed by atoms with van der Waals surface area (Å²) in [5, 5.41) is 9.32. The number of carbonyl (C=O) groups excluding carboxylic acids is 1. The number of nitrogens with zero attached hydrogens (tertiary/aromatic N) is 1. The van der Waals surface area contributed by atoms with E-state index < -0.39 is 0 Å². The maximum atomic E-state index is 11.8. The van der Waals surface area contributed by atoms with E-state index in [2.05, 4.69) is 59.9 Å². The van der Waals surface area contributed by atoms with Crippen LogP contribution in [-0.4, -0.2) is 38.1 Å². The number of benzene rings is 2. The van der Waals surface area contributed by atoms with Gasteiger partial charge >= 0.3 is 0 Å². The molecule has 2 aromatic carbocycles. The summed E-state index contributed by atoms with van der Waals surface area (Å²) in [5.41, 5.74) is 3.95. The fourth-order valence-electron chi connectivity index (χ4n) is 2.87. The van der Waals surface area contributed by atoms with Crippen molar-refractivity contribution in [2.24, 2.45) is 4.99 Å². The van der Waals surface area contributed by atoms with Crippen molar-refractivity contribution >= 4 is 35.8 Å². The summed E-state index contributed by atoms with van der Waals surface area (Å²) in [6.45, 7) is 8.17. The number of rotatable bonds is 8. The van der Waals surface area contributed by atoms with Crippen LogP contribution in [-0.2, 0) is 24.3 Å². The highest BCUT2D eigenvalue weighted by Crippen LogP contribution is 2.13. The summed E-state index contributed by atoms with van der Waals surface area (Å²) < 4.78 is 5.86. The lowest BCUT2D eigenvalue weighted by Crippen LogP contribution is -2.37. The summed E-state index contributed by atoms with van der Waals surface area (Å²) >= 11 is 0. The molecule has 0 radical (unpaired) electrons. The molecule has 0 aromatic heterocycles. The first-order valence-corrected chi connectivity index (χ1v) is 10.3. The Morgan fingerprint density at radius 1 is 1.00 bits per heavy atom. The molecule has 1 amide bonds. The van der Waals surface area contributed by atoms with Gasteiger partial charge in [-0.2, -0.15) is 0 Å². The average molecular weight is 538 g/mol. The second kappa shape index (κ2) is 13.3. The molecule has 0 atom stereocenters. The van der Waals surface area contributed by atoms with Gasteiger partial charge in [-0.15, -0.1) is 24.0 Å². The number of ether oxygens (including phenoxy) is 1. The first-order valence-electron chi connectivity index (χ1n) is 10.3. The van der Waals surface area contributed by atoms with E-state index >= 15 is 0 Å². The molecule has 2 aromatic rings. The Bertz CT molecular complexity index is 863. The van der Waals surface area contributed by atoms with Crippen LogP contribution < -0.4 is 16.0 Å². The van der Waals surface area contributed by atoms with Crippen LogP contribution in [0.3, 0.4) is 0 Å². The van der Waals surface area contributed by atoms with Crippen LogP contribution in [0.2, 0.25) is 0 Å². The highest BCUT2D eigenvalue weighted by molar-refractivity contribution is 14.0. The number of guanidine groups is 1. The molecule has 3 N–H and O–H groups in total. The van der Waals surface area contributed by atoms with E-state index in [0.717, 1.165) is 30.1 Å². The van der Waals surface area contributed by atoms with E-state index in [9.17, 15) is 4.79 Å². The SMILES string of the molecule is CN=C(NCCc1cccc(C(=O)NC)c1)NCc1cccc(COC(C)(C)C)c1.I. The van der Waals surface area contributed by atoms with Crippen LogP contribution in [0.4, 0.5) is 0 Å². The topological polar surface area (TPSA) is 74.8 Å². The first kappa shape index (κ1) is 26.9. The van der Waals surface area contributed by atoms with Gasteiger partial charge < -0.3 is 20.7 Å². The smallest absolute Gasteiger partial charge is 0.251 e. The second-order valence-electron chi connectivity index (χ2n) is 8.10. The third-order valence-corrected chi connectivity index (χ3v) is 4.47. The molecule has 7 heteroatoms. The highest BCUT2D eigenvalue weighted by Gasteiger charge is 2.10. The number of nitrogens with one attached hydrogen (secondary N) is 3. The third kappa shape index (κ3) is 10.1. The van der Waals surface area contributed by atoms with E-state index in [-0.39, 0.29) is 35.5 Å². The highest BCUT2D eigenvalue weighted by atomic mass is 127. The summed E-state index contributed by atoms with van der Waals surface area (Å²) in [5.74, 6) is 0.672. The molecule has 0 aliphatic rings. The van der Waals surface area contributed by atoms with Gasteiger partial charge in [0.05, 0.1) is 12.2 Å². The number of halogens is 1.